The predicted molar refractivity (Wildman–Crippen MR) is 93.2 cm³/mol. The first-order valence-electron chi connectivity index (χ1n) is 8.27. The Hall–Kier alpha value is -1.73. The second kappa shape index (κ2) is 6.64. The fourth-order valence-corrected chi connectivity index (χ4v) is 3.42. The first-order valence-corrected chi connectivity index (χ1v) is 9.15. The molecule has 0 spiro atoms. The fourth-order valence-electron chi connectivity index (χ4n) is 2.73. The molecule has 7 heteroatoms. The van der Waals surface area contributed by atoms with Gasteiger partial charge in [-0.25, -0.2) is 0 Å². The van der Waals surface area contributed by atoms with Crippen LogP contribution in [0.3, 0.4) is 0 Å². The third-order valence-corrected chi connectivity index (χ3v) is 5.21. The molecule has 0 saturated carbocycles. The number of rotatable bonds is 3. The minimum atomic E-state index is -0.118. The van der Waals surface area contributed by atoms with Crippen LogP contribution < -0.4 is 0 Å². The molecule has 3 rings (SSSR count). The Morgan fingerprint density at radius 2 is 2.00 bits per heavy atom. The van der Waals surface area contributed by atoms with Gasteiger partial charge in [0, 0.05) is 31.6 Å². The molecule has 0 aliphatic carbocycles. The Morgan fingerprint density at radius 1 is 1.29 bits per heavy atom. The largest absolute Gasteiger partial charge is 0.338 e. The van der Waals surface area contributed by atoms with Gasteiger partial charge in [-0.1, -0.05) is 32.0 Å². The normalized spacial score (nSPS) is 17.9. The molecule has 1 saturated heterocycles. The molecular weight excluding hydrogens is 324 g/mol. The second-order valence-electron chi connectivity index (χ2n) is 7.19. The first kappa shape index (κ1) is 17.1. The summed E-state index contributed by atoms with van der Waals surface area (Å²) in [5.74, 6) is 1.51. The molecule has 1 unspecified atom stereocenters. The minimum absolute atomic E-state index is 0.0626. The zero-order chi connectivity index (χ0) is 17.3. The van der Waals surface area contributed by atoms with E-state index < -0.39 is 0 Å². The second-order valence-corrected chi connectivity index (χ2v) is 8.14. The molecule has 1 aliphatic rings. The van der Waals surface area contributed by atoms with Crippen LogP contribution in [-0.4, -0.2) is 52.0 Å². The molecule has 2 aromatic rings. The molecule has 6 nitrogen and oxygen atoms in total. The Morgan fingerprint density at radius 3 is 2.54 bits per heavy atom. The number of nitrogens with zero attached hydrogens (tertiary/aromatic N) is 4. The Bertz CT molecular complexity index is 682. The van der Waals surface area contributed by atoms with Crippen LogP contribution in [0.1, 0.15) is 55.1 Å². The molecule has 0 aromatic carbocycles. The van der Waals surface area contributed by atoms with Gasteiger partial charge >= 0.3 is 0 Å². The topological polar surface area (TPSA) is 62.5 Å². The zero-order valence-corrected chi connectivity index (χ0v) is 15.5. The highest BCUT2D eigenvalue weighted by Gasteiger charge is 2.29. The molecule has 0 N–H and O–H groups in total. The summed E-state index contributed by atoms with van der Waals surface area (Å²) in [7, 11) is 0. The lowest BCUT2D eigenvalue weighted by atomic mass is 9.96. The van der Waals surface area contributed by atoms with Crippen molar-refractivity contribution in [1.29, 1.82) is 0 Å². The number of hydrogen-bond acceptors (Lipinski definition) is 6. The molecule has 3 heterocycles. The van der Waals surface area contributed by atoms with Crippen LogP contribution in [0.5, 0.6) is 0 Å². The highest BCUT2D eigenvalue weighted by atomic mass is 32.1. The Labute approximate surface area is 146 Å². The van der Waals surface area contributed by atoms with Crippen LogP contribution in [0.2, 0.25) is 0 Å². The van der Waals surface area contributed by atoms with E-state index in [1.165, 1.54) is 11.3 Å². The summed E-state index contributed by atoms with van der Waals surface area (Å²) in [4.78, 5) is 22.0. The summed E-state index contributed by atoms with van der Waals surface area (Å²) in [5.41, 5.74) is -0.118. The van der Waals surface area contributed by atoms with E-state index >= 15 is 0 Å². The van der Waals surface area contributed by atoms with E-state index in [1.54, 1.807) is 0 Å². The van der Waals surface area contributed by atoms with Crippen LogP contribution in [0.4, 0.5) is 0 Å². The van der Waals surface area contributed by atoms with Crippen LogP contribution >= 0.6 is 11.3 Å². The van der Waals surface area contributed by atoms with Gasteiger partial charge < -0.3 is 9.42 Å². The molecule has 130 valence electrons. The van der Waals surface area contributed by atoms with E-state index in [0.717, 1.165) is 36.9 Å². The van der Waals surface area contributed by atoms with E-state index in [-0.39, 0.29) is 17.4 Å². The monoisotopic (exact) mass is 348 g/mol. The van der Waals surface area contributed by atoms with Gasteiger partial charge in [0.05, 0.1) is 10.9 Å². The van der Waals surface area contributed by atoms with Gasteiger partial charge in [0.15, 0.2) is 5.82 Å². The van der Waals surface area contributed by atoms with Crippen molar-refractivity contribution in [3.8, 4) is 0 Å². The van der Waals surface area contributed by atoms with Crippen LogP contribution in [0, 0.1) is 0 Å². The summed E-state index contributed by atoms with van der Waals surface area (Å²) >= 11 is 1.50. The maximum absolute atomic E-state index is 12.4. The highest BCUT2D eigenvalue weighted by Crippen LogP contribution is 2.25. The molecular formula is C17H24N4O2S. The average molecular weight is 348 g/mol. The van der Waals surface area contributed by atoms with E-state index in [0.29, 0.717) is 5.89 Å². The number of carbonyl (C=O) groups is 1. The van der Waals surface area contributed by atoms with Gasteiger partial charge in [0.1, 0.15) is 0 Å². The van der Waals surface area contributed by atoms with Crippen LogP contribution in [-0.2, 0) is 5.41 Å². The number of aromatic nitrogens is 2. The highest BCUT2D eigenvalue weighted by molar-refractivity contribution is 7.12. The maximum atomic E-state index is 12.4. The molecule has 1 amide bonds. The van der Waals surface area contributed by atoms with Crippen LogP contribution in [0.25, 0.3) is 0 Å². The minimum Gasteiger partial charge on any atom is -0.338 e. The molecule has 0 radical (unpaired) electrons. The maximum Gasteiger partial charge on any atom is 0.264 e. The summed E-state index contributed by atoms with van der Waals surface area (Å²) in [6, 6.07) is 3.86. The molecule has 24 heavy (non-hydrogen) atoms. The van der Waals surface area contributed by atoms with Gasteiger partial charge in [-0.15, -0.1) is 11.3 Å². The molecule has 1 aliphatic heterocycles. The number of hydrogen-bond donors (Lipinski definition) is 0. The summed E-state index contributed by atoms with van der Waals surface area (Å²) in [6.07, 6.45) is 0. The summed E-state index contributed by atoms with van der Waals surface area (Å²) in [5, 5.41) is 6.04. The van der Waals surface area contributed by atoms with Gasteiger partial charge in [0.2, 0.25) is 5.89 Å². The van der Waals surface area contributed by atoms with Crippen molar-refractivity contribution in [3.05, 3.63) is 34.1 Å². The van der Waals surface area contributed by atoms with Crippen molar-refractivity contribution < 1.29 is 9.32 Å². The lowest BCUT2D eigenvalue weighted by molar-refractivity contribution is 0.0556. The summed E-state index contributed by atoms with van der Waals surface area (Å²) in [6.45, 7) is 11.4. The molecule has 1 fully saturated rings. The average Bonchev–Trinajstić information content (AvgIpc) is 3.24. The SMILES string of the molecule is CC(c1nc(C(C)(C)C)no1)N1CCN(C(=O)c2cccs2)CC1. The molecule has 0 bridgehead atoms. The first-order chi connectivity index (χ1) is 11.4. The smallest absolute Gasteiger partial charge is 0.264 e. The predicted octanol–water partition coefficient (Wildman–Crippen LogP) is 2.95. The zero-order valence-electron chi connectivity index (χ0n) is 14.7. The standard InChI is InChI=1S/C17H24N4O2S/c1-12(14-18-16(19-23-14)17(2,3)4)20-7-9-21(10-8-20)15(22)13-6-5-11-24-13/h5-6,11-12H,7-10H2,1-4H3. The number of carbonyl (C=O) groups excluding carboxylic acids is 1. The Kier molecular flexibility index (Phi) is 4.73. The Balaban J connectivity index is 1.60. The van der Waals surface area contributed by atoms with Crippen molar-refractivity contribution in [2.45, 2.75) is 39.2 Å². The lowest BCUT2D eigenvalue weighted by Gasteiger charge is -2.36. The third-order valence-electron chi connectivity index (χ3n) is 4.35. The van der Waals surface area contributed by atoms with Crippen LogP contribution in [0.15, 0.2) is 22.0 Å². The van der Waals surface area contributed by atoms with E-state index in [2.05, 4.69) is 42.7 Å². The van der Waals surface area contributed by atoms with Crippen molar-refractivity contribution >= 4 is 17.2 Å². The van der Waals surface area contributed by atoms with Crippen molar-refractivity contribution in [2.75, 3.05) is 26.2 Å². The third kappa shape index (κ3) is 3.52. The molecule has 1 atom stereocenters. The van der Waals surface area contributed by atoms with E-state index in [1.807, 2.05) is 22.4 Å². The quantitative estimate of drug-likeness (QED) is 0.853. The van der Waals surface area contributed by atoms with Crippen molar-refractivity contribution in [3.63, 3.8) is 0 Å². The van der Waals surface area contributed by atoms with Crippen molar-refractivity contribution in [1.82, 2.24) is 19.9 Å². The summed E-state index contributed by atoms with van der Waals surface area (Å²) < 4.78 is 5.46. The van der Waals surface area contributed by atoms with Gasteiger partial charge in [-0.3, -0.25) is 9.69 Å². The van der Waals surface area contributed by atoms with Crippen molar-refractivity contribution in [2.24, 2.45) is 0 Å². The fraction of sp³-hybridized carbons (Fsp3) is 0.588. The number of thiophene rings is 1. The number of amides is 1. The van der Waals surface area contributed by atoms with E-state index in [9.17, 15) is 4.79 Å². The molecule has 2 aromatic heterocycles. The number of piperazine rings is 1. The van der Waals surface area contributed by atoms with Gasteiger partial charge in [0.25, 0.3) is 5.91 Å². The van der Waals surface area contributed by atoms with Gasteiger partial charge in [-0.2, -0.15) is 4.98 Å². The van der Waals surface area contributed by atoms with Gasteiger partial charge in [-0.05, 0) is 18.4 Å². The lowest BCUT2D eigenvalue weighted by Crippen LogP contribution is -2.49. The van der Waals surface area contributed by atoms with E-state index in [4.69, 9.17) is 4.52 Å².